The molecule has 1 aliphatic heterocycles. The van der Waals surface area contributed by atoms with Gasteiger partial charge in [0.1, 0.15) is 6.61 Å². The van der Waals surface area contributed by atoms with E-state index in [1.165, 1.54) is 4.90 Å². The van der Waals surface area contributed by atoms with Crippen LogP contribution in [0.4, 0.5) is 4.79 Å². The van der Waals surface area contributed by atoms with E-state index in [-0.39, 0.29) is 41.8 Å². The van der Waals surface area contributed by atoms with Crippen molar-refractivity contribution in [2.45, 2.75) is 25.8 Å². The van der Waals surface area contributed by atoms with Crippen LogP contribution < -0.4 is 0 Å². The minimum atomic E-state index is -0.646. The summed E-state index contributed by atoms with van der Waals surface area (Å²) in [5, 5.41) is 0. The molecule has 27 heavy (non-hydrogen) atoms. The van der Waals surface area contributed by atoms with Crippen molar-refractivity contribution in [3.05, 3.63) is 59.2 Å². The summed E-state index contributed by atoms with van der Waals surface area (Å²) in [6.45, 7) is 2.05. The lowest BCUT2D eigenvalue weighted by atomic mass is 9.82. The van der Waals surface area contributed by atoms with Crippen molar-refractivity contribution in [1.82, 2.24) is 4.90 Å². The Kier molecular flexibility index (Phi) is 3.61. The lowest BCUT2D eigenvalue weighted by Gasteiger charge is -2.21. The maximum absolute atomic E-state index is 13.3. The van der Waals surface area contributed by atoms with Gasteiger partial charge >= 0.3 is 6.09 Å². The largest absolute Gasteiger partial charge is 0.447 e. The van der Waals surface area contributed by atoms with E-state index in [1.54, 1.807) is 0 Å². The maximum Gasteiger partial charge on any atom is 0.417 e. The zero-order valence-electron chi connectivity index (χ0n) is 15.1. The third-order valence-electron chi connectivity index (χ3n) is 6.61. The van der Waals surface area contributed by atoms with Gasteiger partial charge in [-0.1, -0.05) is 48.1 Å². The third kappa shape index (κ3) is 2.34. The van der Waals surface area contributed by atoms with Crippen molar-refractivity contribution in [3.8, 4) is 0 Å². The molecule has 0 radical (unpaired) electrons. The van der Waals surface area contributed by atoms with E-state index in [4.69, 9.17) is 4.74 Å². The number of nitrogens with zero attached hydrogens (tertiary/aromatic N) is 1. The smallest absolute Gasteiger partial charge is 0.417 e. The monoisotopic (exact) mass is 363 g/mol. The predicted octanol–water partition coefficient (Wildman–Crippen LogP) is 2.91. The lowest BCUT2D eigenvalue weighted by Crippen LogP contribution is -2.42. The highest BCUT2D eigenvalue weighted by molar-refractivity contribution is 6.25. The van der Waals surface area contributed by atoms with Gasteiger partial charge in [-0.05, 0) is 43.1 Å². The number of hydrogen-bond donors (Lipinski definition) is 0. The molecule has 4 aliphatic rings. The molecule has 0 N–H and O–H groups in total. The summed E-state index contributed by atoms with van der Waals surface area (Å²) in [7, 11) is 0. The number of benzene rings is 1. The normalized spacial score (nSPS) is 33.8. The first-order valence-electron chi connectivity index (χ1n) is 9.54. The second kappa shape index (κ2) is 5.91. The highest BCUT2D eigenvalue weighted by Crippen LogP contribution is 2.56. The molecule has 138 valence electrons. The zero-order valence-corrected chi connectivity index (χ0v) is 15.1. The Balaban J connectivity index is 1.44. The molecule has 2 amide bonds. The van der Waals surface area contributed by atoms with E-state index in [2.05, 4.69) is 12.2 Å². The number of ketones is 1. The average Bonchev–Trinajstić information content (AvgIpc) is 3.40. The minimum absolute atomic E-state index is 0.0856. The molecule has 2 bridgehead atoms. The van der Waals surface area contributed by atoms with Crippen LogP contribution in [0.3, 0.4) is 0 Å². The van der Waals surface area contributed by atoms with Crippen molar-refractivity contribution >= 4 is 17.8 Å². The number of carbonyl (C=O) groups excluding carboxylic acids is 3. The third-order valence-corrected chi connectivity index (χ3v) is 6.61. The molecule has 1 heterocycles. The van der Waals surface area contributed by atoms with Gasteiger partial charge in [-0.25, -0.2) is 9.69 Å². The molecule has 0 spiro atoms. The van der Waals surface area contributed by atoms with Gasteiger partial charge in [0.15, 0.2) is 5.78 Å². The summed E-state index contributed by atoms with van der Waals surface area (Å²) in [5.74, 6) is 0.0216. The van der Waals surface area contributed by atoms with Crippen molar-refractivity contribution in [3.63, 3.8) is 0 Å². The summed E-state index contributed by atoms with van der Waals surface area (Å²) < 4.78 is 5.17. The van der Waals surface area contributed by atoms with Crippen LogP contribution in [0.5, 0.6) is 0 Å². The fraction of sp³-hybridized carbons (Fsp3) is 0.409. The van der Waals surface area contributed by atoms with E-state index in [0.717, 1.165) is 17.6 Å². The van der Waals surface area contributed by atoms with Gasteiger partial charge in [-0.15, -0.1) is 0 Å². The Bertz CT molecular complexity index is 900. The molecule has 1 aromatic rings. The Morgan fingerprint density at radius 3 is 2.52 bits per heavy atom. The second-order valence-corrected chi connectivity index (χ2v) is 8.02. The van der Waals surface area contributed by atoms with Crippen LogP contribution in [-0.2, 0) is 20.7 Å². The summed E-state index contributed by atoms with van der Waals surface area (Å²) >= 11 is 0. The van der Waals surface area contributed by atoms with Gasteiger partial charge in [-0.2, -0.15) is 0 Å². The number of ether oxygens (including phenoxy) is 1. The molecule has 5 atom stereocenters. The Hall–Kier alpha value is -2.69. The average molecular weight is 363 g/mol. The standard InChI is InChI=1S/C22H21NO4/c1-12-17-14-7-8-15(10-14)19(17)20(24)18(12)21(25)23-16(11-27-22(23)26)9-13-5-3-2-4-6-13/h2-8,14-17,19H,9-11H2,1H3/t14?,15?,16-,17?,19?/m0/s1. The van der Waals surface area contributed by atoms with E-state index in [1.807, 2.05) is 37.3 Å². The second-order valence-electron chi connectivity index (χ2n) is 8.02. The van der Waals surface area contributed by atoms with Crippen LogP contribution in [-0.4, -0.2) is 35.3 Å². The number of fused-ring (bicyclic) bond motifs is 5. The molecule has 0 aromatic heterocycles. The number of rotatable bonds is 3. The molecule has 2 fully saturated rings. The number of cyclic esters (lactones) is 1. The Morgan fingerprint density at radius 2 is 1.81 bits per heavy atom. The fourth-order valence-corrected chi connectivity index (χ4v) is 5.44. The number of allylic oxidation sites excluding steroid dienone is 3. The topological polar surface area (TPSA) is 63.7 Å². The number of Topliss-reactive ketones (excluding diaryl/α,β-unsaturated/α-hetero) is 1. The first kappa shape index (κ1) is 16.5. The van der Waals surface area contributed by atoms with E-state index >= 15 is 0 Å². The highest BCUT2D eigenvalue weighted by Gasteiger charge is 2.56. The van der Waals surface area contributed by atoms with Gasteiger partial charge < -0.3 is 4.74 Å². The van der Waals surface area contributed by atoms with Crippen LogP contribution in [0.2, 0.25) is 0 Å². The Morgan fingerprint density at radius 1 is 1.11 bits per heavy atom. The molecule has 5 nitrogen and oxygen atoms in total. The van der Waals surface area contributed by atoms with Crippen molar-refractivity contribution in [2.24, 2.45) is 23.7 Å². The summed E-state index contributed by atoms with van der Waals surface area (Å²) in [6, 6.07) is 9.33. The minimum Gasteiger partial charge on any atom is -0.447 e. The molecule has 5 rings (SSSR count). The number of amides is 2. The first-order valence-corrected chi connectivity index (χ1v) is 9.54. The fourth-order valence-electron chi connectivity index (χ4n) is 5.44. The molecular weight excluding hydrogens is 342 g/mol. The summed E-state index contributed by atoms with van der Waals surface area (Å²) in [6.07, 6.45) is 5.18. The molecule has 4 unspecified atom stereocenters. The molecule has 1 saturated carbocycles. The molecular formula is C22H21NO4. The van der Waals surface area contributed by atoms with Crippen LogP contribution >= 0.6 is 0 Å². The number of carbonyl (C=O) groups is 3. The quantitative estimate of drug-likeness (QED) is 0.612. The SMILES string of the molecule is CC1=C(C(=O)N2C(=O)OC[C@@H]2Cc2ccccc2)C(=O)C2C3C=CC(C3)C12. The van der Waals surface area contributed by atoms with Gasteiger partial charge in [0.25, 0.3) is 5.91 Å². The molecule has 3 aliphatic carbocycles. The maximum atomic E-state index is 13.3. The first-order chi connectivity index (χ1) is 13.1. The Labute approximate surface area is 157 Å². The van der Waals surface area contributed by atoms with Crippen LogP contribution in [0, 0.1) is 23.7 Å². The highest BCUT2D eigenvalue weighted by atomic mass is 16.6. The van der Waals surface area contributed by atoms with Crippen LogP contribution in [0.15, 0.2) is 53.6 Å². The molecule has 1 saturated heterocycles. The summed E-state index contributed by atoms with van der Waals surface area (Å²) in [5.41, 5.74) is 2.10. The van der Waals surface area contributed by atoms with E-state index in [9.17, 15) is 14.4 Å². The van der Waals surface area contributed by atoms with Gasteiger partial charge in [0, 0.05) is 5.92 Å². The molecule has 5 heteroatoms. The number of imide groups is 1. The van der Waals surface area contributed by atoms with Crippen molar-refractivity contribution in [1.29, 1.82) is 0 Å². The van der Waals surface area contributed by atoms with Crippen LogP contribution in [0.25, 0.3) is 0 Å². The lowest BCUT2D eigenvalue weighted by molar-refractivity contribution is -0.129. The van der Waals surface area contributed by atoms with Crippen molar-refractivity contribution in [2.75, 3.05) is 6.61 Å². The predicted molar refractivity (Wildman–Crippen MR) is 97.6 cm³/mol. The van der Waals surface area contributed by atoms with Gasteiger partial charge in [0.2, 0.25) is 0 Å². The van der Waals surface area contributed by atoms with Gasteiger partial charge in [0.05, 0.1) is 11.6 Å². The van der Waals surface area contributed by atoms with E-state index < -0.39 is 12.0 Å². The van der Waals surface area contributed by atoms with Crippen molar-refractivity contribution < 1.29 is 19.1 Å². The number of hydrogen-bond acceptors (Lipinski definition) is 4. The zero-order chi connectivity index (χ0) is 18.7. The van der Waals surface area contributed by atoms with Crippen LogP contribution in [0.1, 0.15) is 18.9 Å². The summed E-state index contributed by atoms with van der Waals surface area (Å²) in [4.78, 5) is 39.8. The van der Waals surface area contributed by atoms with E-state index in [0.29, 0.717) is 12.3 Å². The van der Waals surface area contributed by atoms with Gasteiger partial charge in [-0.3, -0.25) is 9.59 Å². The molecule has 1 aromatic carbocycles.